The first-order valence-corrected chi connectivity index (χ1v) is 12.0. The molecule has 1 atom stereocenters. The highest BCUT2D eigenvalue weighted by Crippen LogP contribution is 2.23. The molecule has 1 heterocycles. The van der Waals surface area contributed by atoms with Gasteiger partial charge in [-0.25, -0.2) is 27.5 Å². The molecule has 0 aliphatic heterocycles. The number of aryl methyl sites for hydroxylation is 1. The maximum atomic E-state index is 13.0. The lowest BCUT2D eigenvalue weighted by molar-refractivity contribution is -0.114. The summed E-state index contributed by atoms with van der Waals surface area (Å²) in [4.78, 5) is 32.1. The van der Waals surface area contributed by atoms with Gasteiger partial charge in [-0.15, -0.1) is 0 Å². The molecule has 0 saturated heterocycles. The molecule has 2 amide bonds. The fraction of sp³-hybridized carbons (Fsp3) is 0.217. The zero-order valence-electron chi connectivity index (χ0n) is 18.2. The molecule has 3 aromatic rings. The summed E-state index contributed by atoms with van der Waals surface area (Å²) in [6, 6.07) is 10.7. The van der Waals surface area contributed by atoms with Crippen molar-refractivity contribution in [2.75, 3.05) is 10.6 Å². The van der Waals surface area contributed by atoms with Crippen molar-refractivity contribution >= 4 is 33.5 Å². The second-order valence-electron chi connectivity index (χ2n) is 7.89. The number of halogens is 1. The van der Waals surface area contributed by atoms with Gasteiger partial charge >= 0.3 is 0 Å². The molecule has 0 fully saturated rings. The molecule has 1 aliphatic rings. The lowest BCUT2D eigenvalue weighted by Gasteiger charge is -2.24. The quantitative estimate of drug-likeness (QED) is 0.494. The van der Waals surface area contributed by atoms with Crippen molar-refractivity contribution in [1.29, 1.82) is 0 Å². The number of amides is 2. The van der Waals surface area contributed by atoms with Gasteiger partial charge in [-0.1, -0.05) is 0 Å². The molecule has 1 aliphatic carbocycles. The summed E-state index contributed by atoms with van der Waals surface area (Å²) in [6.07, 6.45) is 3.01. The summed E-state index contributed by atoms with van der Waals surface area (Å²) in [5.41, 5.74) is 2.32. The van der Waals surface area contributed by atoms with E-state index in [0.29, 0.717) is 24.9 Å². The van der Waals surface area contributed by atoms with Gasteiger partial charge in [0.15, 0.2) is 0 Å². The lowest BCUT2D eigenvalue weighted by Crippen LogP contribution is -2.39. The van der Waals surface area contributed by atoms with Crippen LogP contribution in [0, 0.1) is 5.82 Å². The third-order valence-corrected chi connectivity index (χ3v) is 6.83. The van der Waals surface area contributed by atoms with Crippen molar-refractivity contribution in [2.24, 2.45) is 0 Å². The summed E-state index contributed by atoms with van der Waals surface area (Å²) in [7, 11) is -3.75. The smallest absolute Gasteiger partial charge is 0.258 e. The second-order valence-corrected chi connectivity index (χ2v) is 9.61. The molecule has 1 unspecified atom stereocenters. The number of nitrogens with one attached hydrogen (secondary N) is 3. The molecule has 9 nitrogen and oxygen atoms in total. The highest BCUT2D eigenvalue weighted by atomic mass is 32.2. The Bertz CT molecular complexity index is 1330. The summed E-state index contributed by atoms with van der Waals surface area (Å²) < 4.78 is 41.3. The first-order chi connectivity index (χ1) is 16.2. The zero-order chi connectivity index (χ0) is 24.3. The van der Waals surface area contributed by atoms with Crippen LogP contribution in [0.4, 0.5) is 16.0 Å². The van der Waals surface area contributed by atoms with E-state index in [9.17, 15) is 22.4 Å². The van der Waals surface area contributed by atoms with Crippen molar-refractivity contribution in [1.82, 2.24) is 14.7 Å². The third kappa shape index (κ3) is 5.61. The first-order valence-electron chi connectivity index (χ1n) is 10.5. The van der Waals surface area contributed by atoms with Crippen molar-refractivity contribution in [3.8, 4) is 0 Å². The van der Waals surface area contributed by atoms with Crippen LogP contribution in [0.2, 0.25) is 0 Å². The van der Waals surface area contributed by atoms with Crippen molar-refractivity contribution < 1.29 is 22.4 Å². The minimum absolute atomic E-state index is 0.0995. The van der Waals surface area contributed by atoms with E-state index in [-0.39, 0.29) is 28.4 Å². The first kappa shape index (κ1) is 23.5. The van der Waals surface area contributed by atoms with Crippen molar-refractivity contribution in [3.05, 3.63) is 77.4 Å². The largest absolute Gasteiger partial charge is 0.326 e. The van der Waals surface area contributed by atoms with Crippen LogP contribution in [-0.2, 0) is 27.7 Å². The average Bonchev–Trinajstić information content (AvgIpc) is 2.79. The van der Waals surface area contributed by atoms with Crippen LogP contribution in [0.15, 0.2) is 59.6 Å². The van der Waals surface area contributed by atoms with E-state index < -0.39 is 21.7 Å². The van der Waals surface area contributed by atoms with Gasteiger partial charge in [0.05, 0.1) is 4.90 Å². The Morgan fingerprint density at radius 1 is 1.03 bits per heavy atom. The van der Waals surface area contributed by atoms with Crippen LogP contribution in [-0.4, -0.2) is 36.2 Å². The number of carbonyl (C=O) groups is 2. The van der Waals surface area contributed by atoms with E-state index in [1.807, 2.05) is 0 Å². The van der Waals surface area contributed by atoms with Crippen LogP contribution in [0.3, 0.4) is 0 Å². The van der Waals surface area contributed by atoms with Crippen LogP contribution in [0.25, 0.3) is 0 Å². The van der Waals surface area contributed by atoms with Crippen LogP contribution in [0.5, 0.6) is 0 Å². The highest BCUT2D eigenvalue weighted by molar-refractivity contribution is 7.89. The topological polar surface area (TPSA) is 130 Å². The number of carbonyl (C=O) groups excluding carboxylic acids is 2. The molecular weight excluding hydrogens is 461 g/mol. The number of nitrogens with zero attached hydrogens (tertiary/aromatic N) is 2. The monoisotopic (exact) mass is 483 g/mol. The third-order valence-electron chi connectivity index (χ3n) is 5.29. The Kier molecular flexibility index (Phi) is 6.66. The van der Waals surface area contributed by atoms with Crippen molar-refractivity contribution in [2.45, 2.75) is 37.1 Å². The number of fused-ring (bicyclic) bond motifs is 1. The number of anilines is 2. The molecule has 1 aromatic heterocycles. The van der Waals surface area contributed by atoms with Gasteiger partial charge in [-0.2, -0.15) is 0 Å². The van der Waals surface area contributed by atoms with Gasteiger partial charge < -0.3 is 5.32 Å². The van der Waals surface area contributed by atoms with Gasteiger partial charge in [0, 0.05) is 36.1 Å². The Labute approximate surface area is 195 Å². The number of aromatic nitrogens is 2. The van der Waals surface area contributed by atoms with E-state index in [4.69, 9.17) is 0 Å². The summed E-state index contributed by atoms with van der Waals surface area (Å²) >= 11 is 0. The molecule has 0 bridgehead atoms. The Balaban J connectivity index is 1.40. The summed E-state index contributed by atoms with van der Waals surface area (Å²) in [5.74, 6) is -0.999. The standard InChI is InChI=1S/C23H22FN5O4S/c1-14(30)26-18-6-9-20(10-7-18)34(32,33)29-19-8-11-21-16(12-19)13-25-23(27-21)28-22(31)15-2-4-17(24)5-3-15/h2-7,9-10,13,19,29H,8,11-12H2,1H3,(H,26,30)(H,25,27,28,31). The maximum Gasteiger partial charge on any atom is 0.258 e. The fourth-order valence-corrected chi connectivity index (χ4v) is 4.92. The number of sulfonamides is 1. The molecule has 11 heteroatoms. The van der Waals surface area contributed by atoms with Gasteiger partial charge in [0.25, 0.3) is 5.91 Å². The van der Waals surface area contributed by atoms with Crippen LogP contribution in [0.1, 0.15) is 35.0 Å². The Morgan fingerprint density at radius 2 is 1.74 bits per heavy atom. The molecule has 0 spiro atoms. The molecule has 4 rings (SSSR count). The van der Waals surface area contributed by atoms with Crippen LogP contribution >= 0.6 is 0 Å². The van der Waals surface area contributed by atoms with Gasteiger partial charge in [-0.05, 0) is 73.4 Å². The van der Waals surface area contributed by atoms with Crippen molar-refractivity contribution in [3.63, 3.8) is 0 Å². The molecule has 0 radical (unpaired) electrons. The molecule has 34 heavy (non-hydrogen) atoms. The predicted octanol–water partition coefficient (Wildman–Crippen LogP) is 2.66. The molecule has 2 aromatic carbocycles. The van der Waals surface area contributed by atoms with E-state index in [1.165, 1.54) is 55.5 Å². The number of hydrogen-bond acceptors (Lipinski definition) is 6. The predicted molar refractivity (Wildman–Crippen MR) is 123 cm³/mol. The second kappa shape index (κ2) is 9.65. The number of benzene rings is 2. The van der Waals surface area contributed by atoms with Crippen LogP contribution < -0.4 is 15.4 Å². The average molecular weight is 484 g/mol. The van der Waals surface area contributed by atoms with E-state index >= 15 is 0 Å². The zero-order valence-corrected chi connectivity index (χ0v) is 19.0. The maximum absolute atomic E-state index is 13.0. The van der Waals surface area contributed by atoms with E-state index in [1.54, 1.807) is 6.20 Å². The van der Waals surface area contributed by atoms with Gasteiger partial charge in [0.1, 0.15) is 5.82 Å². The molecule has 0 saturated carbocycles. The number of rotatable bonds is 6. The SMILES string of the molecule is CC(=O)Nc1ccc(S(=O)(=O)NC2CCc3nc(NC(=O)c4ccc(F)cc4)ncc3C2)cc1. The normalized spacial score (nSPS) is 15.3. The molecule has 3 N–H and O–H groups in total. The van der Waals surface area contributed by atoms with Gasteiger partial charge in [-0.3, -0.25) is 14.9 Å². The fourth-order valence-electron chi connectivity index (χ4n) is 3.65. The Morgan fingerprint density at radius 3 is 2.41 bits per heavy atom. The van der Waals surface area contributed by atoms with Gasteiger partial charge in [0.2, 0.25) is 21.9 Å². The van der Waals surface area contributed by atoms with E-state index in [2.05, 4.69) is 25.3 Å². The summed E-state index contributed by atoms with van der Waals surface area (Å²) in [6.45, 7) is 1.37. The lowest BCUT2D eigenvalue weighted by atomic mass is 9.94. The Hall–Kier alpha value is -3.70. The summed E-state index contributed by atoms with van der Waals surface area (Å²) in [5, 5.41) is 5.19. The van der Waals surface area contributed by atoms with E-state index in [0.717, 1.165) is 11.3 Å². The molecule has 176 valence electrons. The number of hydrogen-bond donors (Lipinski definition) is 3. The minimum atomic E-state index is -3.75. The minimum Gasteiger partial charge on any atom is -0.326 e. The molecular formula is C23H22FN5O4S. The highest BCUT2D eigenvalue weighted by Gasteiger charge is 2.26.